The molecule has 5 rings (SSSR count). The maximum absolute atomic E-state index is 13.4. The third kappa shape index (κ3) is 7.31. The highest BCUT2D eigenvalue weighted by Gasteiger charge is 2.35. The molecule has 3 heterocycles. The zero-order chi connectivity index (χ0) is 28.5. The van der Waals surface area contributed by atoms with E-state index in [9.17, 15) is 13.2 Å². The maximum Gasteiger partial charge on any atom is 0.417 e. The first-order valence-corrected chi connectivity index (χ1v) is 13.4. The van der Waals surface area contributed by atoms with Gasteiger partial charge in [0.05, 0.1) is 23.4 Å². The van der Waals surface area contributed by atoms with Crippen molar-refractivity contribution in [1.82, 2.24) is 9.78 Å². The quantitative estimate of drug-likeness (QED) is 0.329. The number of alkyl halides is 3. The van der Waals surface area contributed by atoms with Gasteiger partial charge in [0.2, 0.25) is 0 Å². The molecule has 2 aliphatic rings. The van der Waals surface area contributed by atoms with Crippen molar-refractivity contribution >= 4 is 11.4 Å². The van der Waals surface area contributed by atoms with Crippen LogP contribution in [0.25, 0.3) is 11.1 Å². The second-order valence-corrected chi connectivity index (χ2v) is 8.93. The lowest BCUT2D eigenvalue weighted by atomic mass is 9.93. The molecule has 0 amide bonds. The summed E-state index contributed by atoms with van der Waals surface area (Å²) in [7, 11) is 5.63. The van der Waals surface area contributed by atoms with Gasteiger partial charge in [0, 0.05) is 57.4 Å². The van der Waals surface area contributed by atoms with Crippen molar-refractivity contribution in [2.45, 2.75) is 59.6 Å². The molecule has 8 heteroatoms. The molecule has 0 unspecified atom stereocenters. The fraction of sp³-hybridized carbons (Fsp3) is 0.467. The number of rotatable bonds is 1. The first kappa shape index (κ1) is 30.8. The van der Waals surface area contributed by atoms with Crippen LogP contribution in [0.1, 0.15) is 62.8 Å². The van der Waals surface area contributed by atoms with Crippen LogP contribution in [-0.4, -0.2) is 37.0 Å². The van der Waals surface area contributed by atoms with E-state index in [-0.39, 0.29) is 5.56 Å². The van der Waals surface area contributed by atoms with E-state index in [1.54, 1.807) is 19.3 Å². The van der Waals surface area contributed by atoms with Gasteiger partial charge in [-0.05, 0) is 72.7 Å². The monoisotopic (exact) mass is 527 g/mol. The fourth-order valence-electron chi connectivity index (χ4n) is 4.70. The molecule has 0 radical (unpaired) electrons. The molecule has 0 aliphatic carbocycles. The first-order valence-electron chi connectivity index (χ1n) is 13.4. The van der Waals surface area contributed by atoms with Crippen molar-refractivity contribution in [3.63, 3.8) is 0 Å². The Hall–Kier alpha value is -3.47. The summed E-state index contributed by atoms with van der Waals surface area (Å²) in [5.74, 6) is 0. The normalized spacial score (nSPS) is 13.8. The van der Waals surface area contributed by atoms with Crippen LogP contribution in [0.5, 0.6) is 0 Å². The predicted molar refractivity (Wildman–Crippen MR) is 151 cm³/mol. The lowest BCUT2D eigenvalue weighted by molar-refractivity contribution is -0.137. The van der Waals surface area contributed by atoms with Crippen LogP contribution in [0.3, 0.4) is 0 Å². The Morgan fingerprint density at radius 3 is 1.95 bits per heavy atom. The standard InChI is InChI=1S/C15H16F3N3.C11H12N2.2C2H6/c1-20-5-3-4-10-6-12(11-8-19-21(2)9-11)13(7-14(10)20)15(16,17)18;1-13-6-2-3-10-7-9(8-12)4-5-11(10)13;2*1-2/h6-9H,3-5H2,1-2H3;4-5,7H,2-3,6H2,1H3;2*1-2H3. The van der Waals surface area contributed by atoms with Crippen molar-refractivity contribution in [2.24, 2.45) is 7.05 Å². The van der Waals surface area contributed by atoms with Gasteiger partial charge < -0.3 is 9.80 Å². The largest absolute Gasteiger partial charge is 0.417 e. The molecule has 0 saturated heterocycles. The number of fused-ring (bicyclic) bond motifs is 2. The van der Waals surface area contributed by atoms with Gasteiger partial charge in [0.25, 0.3) is 0 Å². The van der Waals surface area contributed by atoms with Crippen LogP contribution >= 0.6 is 0 Å². The van der Waals surface area contributed by atoms with E-state index in [1.807, 2.05) is 57.8 Å². The van der Waals surface area contributed by atoms with E-state index in [0.29, 0.717) is 11.3 Å². The molecule has 38 heavy (non-hydrogen) atoms. The molecular weight excluding hydrogens is 487 g/mol. The lowest BCUT2D eigenvalue weighted by Crippen LogP contribution is -2.25. The maximum atomic E-state index is 13.4. The molecule has 0 N–H and O–H groups in total. The van der Waals surface area contributed by atoms with Crippen LogP contribution in [0.2, 0.25) is 0 Å². The van der Waals surface area contributed by atoms with Crippen molar-refractivity contribution < 1.29 is 13.2 Å². The molecule has 2 aromatic carbocycles. The second kappa shape index (κ2) is 13.9. The van der Waals surface area contributed by atoms with Crippen LogP contribution in [0.15, 0.2) is 42.7 Å². The summed E-state index contributed by atoms with van der Waals surface area (Å²) in [6, 6.07) is 11.1. The lowest BCUT2D eigenvalue weighted by Gasteiger charge is -2.29. The summed E-state index contributed by atoms with van der Waals surface area (Å²) in [6.45, 7) is 9.91. The predicted octanol–water partition coefficient (Wildman–Crippen LogP) is 7.48. The van der Waals surface area contributed by atoms with Gasteiger partial charge in [-0.25, -0.2) is 0 Å². The summed E-state index contributed by atoms with van der Waals surface area (Å²) < 4.78 is 41.7. The molecule has 1 aromatic heterocycles. The Morgan fingerprint density at radius 2 is 1.42 bits per heavy atom. The molecule has 2 aliphatic heterocycles. The number of aryl methyl sites for hydroxylation is 3. The highest BCUT2D eigenvalue weighted by Crippen LogP contribution is 2.42. The molecule has 3 aromatic rings. The molecule has 0 fully saturated rings. The summed E-state index contributed by atoms with van der Waals surface area (Å²) in [4.78, 5) is 4.14. The van der Waals surface area contributed by atoms with Gasteiger partial charge in [-0.15, -0.1) is 0 Å². The number of halogens is 3. The number of nitriles is 1. The third-order valence-corrected chi connectivity index (χ3v) is 6.45. The SMILES string of the molecule is CC.CC.CN1CCCc2cc(-c3cnn(C)c3)c(C(F)(F)F)cc21.CN1CCCc2cc(C#N)ccc21. The van der Waals surface area contributed by atoms with Gasteiger partial charge >= 0.3 is 6.18 Å². The number of anilines is 2. The molecule has 5 nitrogen and oxygen atoms in total. The highest BCUT2D eigenvalue weighted by molar-refractivity contribution is 5.73. The number of hydrogen-bond acceptors (Lipinski definition) is 4. The van der Waals surface area contributed by atoms with Crippen LogP contribution in [-0.2, 0) is 26.1 Å². The van der Waals surface area contributed by atoms with Crippen LogP contribution < -0.4 is 9.80 Å². The van der Waals surface area contributed by atoms with Crippen LogP contribution in [0.4, 0.5) is 24.5 Å². The number of benzene rings is 2. The molecule has 0 bridgehead atoms. The number of nitrogens with zero attached hydrogens (tertiary/aromatic N) is 5. The highest BCUT2D eigenvalue weighted by atomic mass is 19.4. The minimum absolute atomic E-state index is 0.213. The molecular formula is C30H40F3N5. The minimum Gasteiger partial charge on any atom is -0.374 e. The van der Waals surface area contributed by atoms with Crippen molar-refractivity contribution in [2.75, 3.05) is 37.0 Å². The third-order valence-electron chi connectivity index (χ3n) is 6.45. The van der Waals surface area contributed by atoms with Crippen LogP contribution in [0, 0.1) is 11.3 Å². The molecule has 206 valence electrons. The Morgan fingerprint density at radius 1 is 0.842 bits per heavy atom. The molecule has 0 saturated carbocycles. The molecule has 0 spiro atoms. The summed E-state index contributed by atoms with van der Waals surface area (Å²) in [5.41, 5.74) is 5.14. The Bertz CT molecular complexity index is 1220. The van der Waals surface area contributed by atoms with Crippen molar-refractivity contribution in [3.8, 4) is 17.2 Å². The zero-order valence-corrected chi connectivity index (χ0v) is 23.7. The minimum atomic E-state index is -4.38. The van der Waals surface area contributed by atoms with Gasteiger partial charge in [0.1, 0.15) is 0 Å². The number of hydrogen-bond donors (Lipinski definition) is 0. The second-order valence-electron chi connectivity index (χ2n) is 8.93. The Balaban J connectivity index is 0.000000256. The van der Waals surface area contributed by atoms with Crippen molar-refractivity contribution in [3.05, 3.63) is 65.0 Å². The zero-order valence-electron chi connectivity index (χ0n) is 23.7. The summed E-state index contributed by atoms with van der Waals surface area (Å²) in [5, 5.41) is 12.7. The Kier molecular flexibility index (Phi) is 11.2. The van der Waals surface area contributed by atoms with E-state index in [4.69, 9.17) is 5.26 Å². The van der Waals surface area contributed by atoms with Gasteiger partial charge in [-0.1, -0.05) is 27.7 Å². The first-order chi connectivity index (χ1) is 18.2. The summed E-state index contributed by atoms with van der Waals surface area (Å²) in [6.07, 6.45) is 2.78. The van der Waals surface area contributed by atoms with Gasteiger partial charge in [0.15, 0.2) is 0 Å². The van der Waals surface area contributed by atoms with Gasteiger partial charge in [-0.3, -0.25) is 4.68 Å². The van der Waals surface area contributed by atoms with Crippen molar-refractivity contribution in [1.29, 1.82) is 5.26 Å². The topological polar surface area (TPSA) is 48.1 Å². The smallest absolute Gasteiger partial charge is 0.374 e. The van der Waals surface area contributed by atoms with E-state index < -0.39 is 11.7 Å². The number of aromatic nitrogens is 2. The molecule has 0 atom stereocenters. The van der Waals surface area contributed by atoms with E-state index in [2.05, 4.69) is 23.1 Å². The fourth-order valence-corrected chi connectivity index (χ4v) is 4.70. The van der Waals surface area contributed by atoms with E-state index in [1.165, 1.54) is 34.6 Å². The Labute approximate surface area is 225 Å². The van der Waals surface area contributed by atoms with E-state index >= 15 is 0 Å². The average Bonchev–Trinajstić information content (AvgIpc) is 3.36. The summed E-state index contributed by atoms with van der Waals surface area (Å²) >= 11 is 0. The average molecular weight is 528 g/mol. The van der Waals surface area contributed by atoms with E-state index in [0.717, 1.165) is 43.5 Å². The van der Waals surface area contributed by atoms with Gasteiger partial charge in [-0.2, -0.15) is 23.5 Å².